The Morgan fingerprint density at radius 3 is 1.14 bits per heavy atom. The molecular formula is C53H40Cl2F6N2O9. The molecule has 0 aliphatic carbocycles. The molecule has 0 aliphatic heterocycles. The molecule has 72 heavy (non-hydrogen) atoms. The summed E-state index contributed by atoms with van der Waals surface area (Å²) >= 11 is 13.3. The van der Waals surface area contributed by atoms with Gasteiger partial charge in [0, 0.05) is 58.3 Å². The second-order valence-electron chi connectivity index (χ2n) is 15.8. The number of hydrogen-bond donors (Lipinski definition) is 0. The van der Waals surface area contributed by atoms with E-state index in [2.05, 4.69) is 9.47 Å². The molecule has 0 amide bonds. The minimum atomic E-state index is -4.82. The molecule has 8 aromatic rings. The number of halogens is 8. The first-order chi connectivity index (χ1) is 34.3. The van der Waals surface area contributed by atoms with Crippen LogP contribution in [0.3, 0.4) is 0 Å². The molecule has 2 heterocycles. The molecule has 0 atom stereocenters. The van der Waals surface area contributed by atoms with Gasteiger partial charge in [-0.1, -0.05) is 47.5 Å². The minimum Gasteiger partial charge on any atom is -0.495 e. The maximum absolute atomic E-state index is 13.3. The number of methoxy groups -OCH3 is 2. The van der Waals surface area contributed by atoms with E-state index in [-0.39, 0.29) is 49.1 Å². The van der Waals surface area contributed by atoms with Crippen LogP contribution in [0.5, 0.6) is 46.0 Å². The Bertz CT molecular complexity index is 3030. The molecule has 0 aliphatic rings. The molecule has 0 N–H and O–H groups in total. The van der Waals surface area contributed by atoms with Gasteiger partial charge in [0.2, 0.25) is 0 Å². The normalized spacial score (nSPS) is 11.6. The topological polar surface area (TPSA) is 117 Å². The van der Waals surface area contributed by atoms with Crippen molar-refractivity contribution in [3.8, 4) is 68.2 Å². The highest BCUT2D eigenvalue weighted by molar-refractivity contribution is 6.33. The van der Waals surface area contributed by atoms with Crippen molar-refractivity contribution in [2.45, 2.75) is 39.4 Å². The quantitative estimate of drug-likeness (QED) is 0.0680. The number of benzene rings is 6. The molecule has 8 rings (SSSR count). The third-order valence-electron chi connectivity index (χ3n) is 11.1. The molecule has 2 aromatic heterocycles. The molecule has 0 unspecified atom stereocenters. The highest BCUT2D eigenvalue weighted by Crippen LogP contribution is 2.40. The lowest BCUT2D eigenvalue weighted by Gasteiger charge is -2.18. The van der Waals surface area contributed by atoms with E-state index < -0.39 is 18.9 Å². The van der Waals surface area contributed by atoms with E-state index in [0.29, 0.717) is 66.2 Å². The number of carbonyl (C=O) groups excluding carboxylic acids is 1. The Hall–Kier alpha value is -7.63. The van der Waals surface area contributed by atoms with E-state index in [0.717, 1.165) is 57.6 Å². The number of carbonyl (C=O) groups is 1. The van der Waals surface area contributed by atoms with E-state index in [9.17, 15) is 31.1 Å². The van der Waals surface area contributed by atoms with Crippen molar-refractivity contribution in [3.05, 3.63) is 154 Å². The van der Waals surface area contributed by atoms with Crippen LogP contribution < -0.4 is 28.4 Å². The summed E-state index contributed by atoms with van der Waals surface area (Å²) in [5, 5.41) is 2.06. The number of hydrogen-bond acceptors (Lipinski definition) is 11. The van der Waals surface area contributed by atoms with Crippen molar-refractivity contribution in [2.75, 3.05) is 27.4 Å². The molecule has 6 aromatic carbocycles. The van der Waals surface area contributed by atoms with Crippen LogP contribution in [-0.2, 0) is 22.3 Å². The van der Waals surface area contributed by atoms with Crippen molar-refractivity contribution < 1.29 is 69.0 Å². The van der Waals surface area contributed by atoms with Crippen molar-refractivity contribution in [1.82, 2.24) is 9.97 Å². The summed E-state index contributed by atoms with van der Waals surface area (Å²) in [6.45, 7) is 3.50. The number of alkyl halides is 6. The van der Waals surface area contributed by atoms with Gasteiger partial charge in [0.15, 0.2) is 0 Å². The monoisotopic (exact) mass is 1030 g/mol. The van der Waals surface area contributed by atoms with E-state index in [1.54, 1.807) is 48.5 Å². The zero-order chi connectivity index (χ0) is 51.3. The molecule has 0 bridgehead atoms. The van der Waals surface area contributed by atoms with Crippen LogP contribution in [0.4, 0.5) is 31.1 Å². The molecule has 0 fully saturated rings. The number of ether oxygens (including phenoxy) is 8. The lowest BCUT2D eigenvalue weighted by atomic mass is 9.93. The van der Waals surface area contributed by atoms with Crippen LogP contribution >= 0.6 is 23.2 Å². The zero-order valence-corrected chi connectivity index (χ0v) is 40.0. The maximum Gasteiger partial charge on any atom is 0.573 e. The fraction of sp³-hybridized carbons (Fsp3) is 0.189. The molecule has 372 valence electrons. The first kappa shape index (κ1) is 50.7. The Morgan fingerprint density at radius 2 is 0.819 bits per heavy atom. The summed E-state index contributed by atoms with van der Waals surface area (Å²) in [6.07, 6.45) is -10.1. The number of pyridine rings is 2. The van der Waals surface area contributed by atoms with E-state index in [4.69, 9.17) is 61.6 Å². The molecular weight excluding hydrogens is 993 g/mol. The summed E-state index contributed by atoms with van der Waals surface area (Å²) < 4.78 is 118. The molecule has 19 heteroatoms. The molecule has 0 saturated heterocycles. The third kappa shape index (κ3) is 12.3. The molecule has 0 spiro atoms. The maximum atomic E-state index is 13.3. The van der Waals surface area contributed by atoms with Crippen LogP contribution in [-0.4, -0.2) is 56.3 Å². The molecule has 11 nitrogen and oxygen atoms in total. The van der Waals surface area contributed by atoms with Crippen LogP contribution in [0.1, 0.15) is 22.5 Å². The van der Waals surface area contributed by atoms with Crippen LogP contribution in [0.25, 0.3) is 44.1 Å². The summed E-state index contributed by atoms with van der Waals surface area (Å²) in [5.74, 6) is 1.49. The van der Waals surface area contributed by atoms with Crippen molar-refractivity contribution >= 4 is 51.2 Å². The largest absolute Gasteiger partial charge is 0.573 e. The van der Waals surface area contributed by atoms with Crippen molar-refractivity contribution in [2.24, 2.45) is 0 Å². The summed E-state index contributed by atoms with van der Waals surface area (Å²) in [6, 6.07) is 31.0. The average Bonchev–Trinajstić information content (AvgIpc) is 3.32. The highest BCUT2D eigenvalue weighted by Gasteiger charge is 2.32. The second kappa shape index (κ2) is 21.4. The Labute approximate surface area is 417 Å². The van der Waals surface area contributed by atoms with E-state index >= 15 is 0 Å². The highest BCUT2D eigenvalue weighted by atomic mass is 35.5. The van der Waals surface area contributed by atoms with Gasteiger partial charge in [-0.3, -0.25) is 9.97 Å². The fourth-order valence-corrected chi connectivity index (χ4v) is 8.60. The predicted octanol–water partition coefficient (Wildman–Crippen LogP) is 15.4. The van der Waals surface area contributed by atoms with Crippen LogP contribution in [0.2, 0.25) is 10.0 Å². The summed E-state index contributed by atoms with van der Waals surface area (Å²) in [5.41, 5.74) is 7.02. The van der Waals surface area contributed by atoms with Crippen LogP contribution in [0, 0.1) is 13.8 Å². The van der Waals surface area contributed by atoms with Gasteiger partial charge in [-0.2, -0.15) is 0 Å². The summed E-state index contributed by atoms with van der Waals surface area (Å²) in [4.78, 5) is 23.0. The SMILES string of the molecule is COc1cc2nc(C)c(-c3ccc(Oc4ccc(OC(F)(F)F)cc4)cc3)c(CCOC(=O)OCCc3c(-c4ccc(Oc5ccc(OC(F)(F)F)cc5)cc4)c(C)nc4cc(OC)c(Cl)cc34)c2cc1Cl. The molecule has 0 saturated carbocycles. The lowest BCUT2D eigenvalue weighted by Crippen LogP contribution is -2.16. The third-order valence-corrected chi connectivity index (χ3v) is 11.7. The number of fused-ring (bicyclic) bond motifs is 2. The second-order valence-corrected chi connectivity index (χ2v) is 16.7. The van der Waals surface area contributed by atoms with Gasteiger partial charge in [-0.25, -0.2) is 4.79 Å². The van der Waals surface area contributed by atoms with Gasteiger partial charge in [0.1, 0.15) is 46.0 Å². The first-order valence-corrected chi connectivity index (χ1v) is 22.5. The van der Waals surface area contributed by atoms with Gasteiger partial charge in [-0.05, 0) is 121 Å². The van der Waals surface area contributed by atoms with E-state index in [1.807, 2.05) is 38.1 Å². The number of aromatic nitrogens is 2. The molecule has 0 radical (unpaired) electrons. The first-order valence-electron chi connectivity index (χ1n) is 21.8. The van der Waals surface area contributed by atoms with Gasteiger partial charge in [0.05, 0.1) is 48.5 Å². The minimum absolute atomic E-state index is 0.0961. The smallest absolute Gasteiger partial charge is 0.495 e. The number of aryl methyl sites for hydroxylation is 2. The summed E-state index contributed by atoms with van der Waals surface area (Å²) in [7, 11) is 3.00. The van der Waals surface area contributed by atoms with Gasteiger partial charge < -0.3 is 37.9 Å². The van der Waals surface area contributed by atoms with Crippen LogP contribution in [0.15, 0.2) is 121 Å². The Balaban J connectivity index is 0.986. The lowest BCUT2D eigenvalue weighted by molar-refractivity contribution is -0.275. The van der Waals surface area contributed by atoms with Gasteiger partial charge >= 0.3 is 18.9 Å². The standard InChI is InChI=1S/C53H40Cl2F6N2O9/c1-29-49(31-5-9-33(10-6-31)69-35-13-17-37(18-14-35)71-52(56,57)58)39(41-25-43(54)47(65-3)27-45(41)62-29)21-23-67-51(64)68-24-22-40-42-26-44(55)48(66-4)28-46(42)63-30(2)50(40)32-7-11-34(12-8-32)70-36-15-19-38(20-16-36)72-53(59,60)61/h5-20,25-28H,21-24H2,1-4H3. The Morgan fingerprint density at radius 1 is 0.500 bits per heavy atom. The average molecular weight is 1030 g/mol. The number of nitrogens with zero attached hydrogens (tertiary/aromatic N) is 2. The Kier molecular flexibility index (Phi) is 15.1. The van der Waals surface area contributed by atoms with Crippen molar-refractivity contribution in [1.29, 1.82) is 0 Å². The van der Waals surface area contributed by atoms with Gasteiger partial charge in [0.25, 0.3) is 0 Å². The zero-order valence-electron chi connectivity index (χ0n) is 38.5. The number of rotatable bonds is 16. The predicted molar refractivity (Wildman–Crippen MR) is 258 cm³/mol. The van der Waals surface area contributed by atoms with E-state index in [1.165, 1.54) is 38.5 Å². The van der Waals surface area contributed by atoms with Gasteiger partial charge in [-0.15, -0.1) is 26.3 Å². The fourth-order valence-electron chi connectivity index (χ4n) is 8.12. The van der Waals surface area contributed by atoms with Crippen molar-refractivity contribution in [3.63, 3.8) is 0 Å².